The van der Waals surface area contributed by atoms with Crippen molar-refractivity contribution in [3.63, 3.8) is 0 Å². The van der Waals surface area contributed by atoms with E-state index in [0.717, 1.165) is 37.5 Å². The first kappa shape index (κ1) is 11.2. The summed E-state index contributed by atoms with van der Waals surface area (Å²) in [4.78, 5) is 7.04. The van der Waals surface area contributed by atoms with E-state index >= 15 is 0 Å². The largest absolute Gasteiger partial charge is 0.391 e. The Bertz CT molecular complexity index is 384. The average molecular weight is 236 g/mol. The summed E-state index contributed by atoms with van der Waals surface area (Å²) in [7, 11) is 0. The fourth-order valence-corrected chi connectivity index (χ4v) is 2.71. The predicted molar refractivity (Wildman–Crippen MR) is 63.7 cm³/mol. The normalized spacial score (nSPS) is 25.1. The molecule has 1 aromatic heterocycles. The van der Waals surface area contributed by atoms with Gasteiger partial charge in [0.25, 0.3) is 0 Å². The van der Waals surface area contributed by atoms with Gasteiger partial charge < -0.3 is 10.0 Å². The maximum Gasteiger partial charge on any atom is 0.152 e. The molecule has 1 aromatic rings. The zero-order valence-electron chi connectivity index (χ0n) is 10.2. The molecule has 1 fully saturated rings. The fraction of sp³-hybridized carbons (Fsp3) is 0.833. The first-order chi connectivity index (χ1) is 8.31. The van der Waals surface area contributed by atoms with Crippen molar-refractivity contribution in [2.24, 2.45) is 0 Å². The van der Waals surface area contributed by atoms with Gasteiger partial charge in [0.05, 0.1) is 12.6 Å². The van der Waals surface area contributed by atoms with Gasteiger partial charge in [0.1, 0.15) is 5.82 Å². The van der Waals surface area contributed by atoms with Gasteiger partial charge in [0, 0.05) is 19.4 Å². The Balaban J connectivity index is 1.60. The lowest BCUT2D eigenvalue weighted by atomic mass is 10.1. The molecular weight excluding hydrogens is 216 g/mol. The highest BCUT2D eigenvalue weighted by molar-refractivity contribution is 4.97. The average Bonchev–Trinajstić information content (AvgIpc) is 2.94. The van der Waals surface area contributed by atoms with Crippen LogP contribution in [-0.2, 0) is 19.4 Å². The lowest BCUT2D eigenvalue weighted by Crippen LogP contribution is -2.25. The van der Waals surface area contributed by atoms with Gasteiger partial charge in [-0.2, -0.15) is 5.10 Å². The minimum absolute atomic E-state index is 0.240. The van der Waals surface area contributed by atoms with Crippen molar-refractivity contribution in [2.45, 2.75) is 44.8 Å². The van der Waals surface area contributed by atoms with Gasteiger partial charge >= 0.3 is 0 Å². The van der Waals surface area contributed by atoms with Crippen LogP contribution in [0.5, 0.6) is 0 Å². The second kappa shape index (κ2) is 4.74. The first-order valence-electron chi connectivity index (χ1n) is 6.64. The molecule has 0 saturated carbocycles. The summed E-state index contributed by atoms with van der Waals surface area (Å²) in [5, 5.41) is 14.1. The Kier molecular flexibility index (Phi) is 3.11. The van der Waals surface area contributed by atoms with Crippen LogP contribution in [0.4, 0.5) is 0 Å². The maximum absolute atomic E-state index is 9.57. The van der Waals surface area contributed by atoms with E-state index in [1.54, 1.807) is 0 Å². The second-order valence-corrected chi connectivity index (χ2v) is 5.12. The summed E-state index contributed by atoms with van der Waals surface area (Å²) in [6.07, 6.45) is 5.05. The first-order valence-corrected chi connectivity index (χ1v) is 6.64. The summed E-state index contributed by atoms with van der Waals surface area (Å²) in [6.45, 7) is 4.15. The number of hydrogen-bond acceptors (Lipinski definition) is 4. The Morgan fingerprint density at radius 2 is 2.12 bits per heavy atom. The van der Waals surface area contributed by atoms with Crippen molar-refractivity contribution >= 4 is 0 Å². The van der Waals surface area contributed by atoms with Crippen LogP contribution in [0.2, 0.25) is 0 Å². The van der Waals surface area contributed by atoms with E-state index in [0.29, 0.717) is 6.54 Å². The van der Waals surface area contributed by atoms with Crippen molar-refractivity contribution in [3.8, 4) is 0 Å². The topological polar surface area (TPSA) is 54.2 Å². The number of hydrogen-bond donors (Lipinski definition) is 1. The zero-order chi connectivity index (χ0) is 11.7. The fourth-order valence-electron chi connectivity index (χ4n) is 2.71. The molecule has 94 valence electrons. The van der Waals surface area contributed by atoms with Crippen LogP contribution >= 0.6 is 0 Å². The van der Waals surface area contributed by atoms with Crippen molar-refractivity contribution in [3.05, 3.63) is 11.6 Å². The second-order valence-electron chi connectivity index (χ2n) is 5.12. The summed E-state index contributed by atoms with van der Waals surface area (Å²) in [6, 6.07) is 0. The number of likely N-dealkylation sites (tertiary alicyclic amines) is 1. The van der Waals surface area contributed by atoms with E-state index in [-0.39, 0.29) is 6.10 Å². The summed E-state index contributed by atoms with van der Waals surface area (Å²) in [5.74, 6) is 1.99. The van der Waals surface area contributed by atoms with Crippen molar-refractivity contribution < 1.29 is 5.11 Å². The van der Waals surface area contributed by atoms with Crippen molar-refractivity contribution in [2.75, 3.05) is 19.6 Å². The molecule has 2 aliphatic rings. The molecule has 1 unspecified atom stereocenters. The summed E-state index contributed by atoms with van der Waals surface area (Å²) in [5.41, 5.74) is 0. The highest BCUT2D eigenvalue weighted by atomic mass is 16.3. The van der Waals surface area contributed by atoms with Gasteiger partial charge in [0.15, 0.2) is 5.82 Å². The molecule has 0 aromatic carbocycles. The Labute approximate surface area is 101 Å². The highest BCUT2D eigenvalue weighted by Gasteiger charge is 2.20. The minimum Gasteiger partial charge on any atom is -0.391 e. The SMILES string of the molecule is OC1CCc2nc(CCN3CCCC3)nn2C1. The summed E-state index contributed by atoms with van der Waals surface area (Å²) < 4.78 is 1.88. The Morgan fingerprint density at radius 3 is 2.94 bits per heavy atom. The lowest BCUT2D eigenvalue weighted by molar-refractivity contribution is 0.124. The van der Waals surface area contributed by atoms with E-state index < -0.39 is 0 Å². The van der Waals surface area contributed by atoms with Crippen molar-refractivity contribution in [1.29, 1.82) is 0 Å². The van der Waals surface area contributed by atoms with E-state index in [9.17, 15) is 5.11 Å². The van der Waals surface area contributed by atoms with E-state index in [1.165, 1.54) is 25.9 Å². The standard InChI is InChI=1S/C12H20N4O/c17-10-3-4-12-13-11(14-16(12)9-10)5-8-15-6-1-2-7-15/h10,17H,1-9H2. The molecular formula is C12H20N4O. The smallest absolute Gasteiger partial charge is 0.152 e. The number of nitrogens with zero attached hydrogens (tertiary/aromatic N) is 4. The molecule has 0 bridgehead atoms. The highest BCUT2D eigenvalue weighted by Crippen LogP contribution is 2.13. The zero-order valence-corrected chi connectivity index (χ0v) is 10.2. The van der Waals surface area contributed by atoms with Crippen LogP contribution in [0.25, 0.3) is 0 Å². The quantitative estimate of drug-likeness (QED) is 0.816. The number of aliphatic hydroxyl groups is 1. The molecule has 0 spiro atoms. The van der Waals surface area contributed by atoms with Crippen molar-refractivity contribution in [1.82, 2.24) is 19.7 Å². The molecule has 1 N–H and O–H groups in total. The molecule has 1 saturated heterocycles. The number of aromatic nitrogens is 3. The summed E-state index contributed by atoms with van der Waals surface area (Å²) >= 11 is 0. The predicted octanol–water partition coefficient (Wildman–Crippen LogP) is 0.223. The number of rotatable bonds is 3. The van der Waals surface area contributed by atoms with Gasteiger partial charge in [0.2, 0.25) is 0 Å². The molecule has 17 heavy (non-hydrogen) atoms. The minimum atomic E-state index is -0.240. The number of aryl methyl sites for hydroxylation is 1. The van der Waals surface area contributed by atoms with Gasteiger partial charge in [-0.15, -0.1) is 0 Å². The molecule has 2 aliphatic heterocycles. The molecule has 3 heterocycles. The van der Waals surface area contributed by atoms with Gasteiger partial charge in [-0.05, 0) is 32.4 Å². The van der Waals surface area contributed by atoms with Crippen LogP contribution in [0.1, 0.15) is 30.9 Å². The van der Waals surface area contributed by atoms with Gasteiger partial charge in [-0.3, -0.25) is 0 Å². The molecule has 0 amide bonds. The van der Waals surface area contributed by atoms with Crippen LogP contribution in [-0.4, -0.2) is 50.5 Å². The Hall–Kier alpha value is -0.940. The van der Waals surface area contributed by atoms with Crippen LogP contribution < -0.4 is 0 Å². The molecule has 0 aliphatic carbocycles. The molecule has 5 nitrogen and oxygen atoms in total. The molecule has 1 atom stereocenters. The van der Waals surface area contributed by atoms with E-state index in [1.807, 2.05) is 4.68 Å². The lowest BCUT2D eigenvalue weighted by Gasteiger charge is -2.16. The maximum atomic E-state index is 9.57. The van der Waals surface area contributed by atoms with Crippen LogP contribution in [0.15, 0.2) is 0 Å². The molecule has 3 rings (SSSR count). The van der Waals surface area contributed by atoms with E-state index in [2.05, 4.69) is 15.0 Å². The van der Waals surface area contributed by atoms with Crippen LogP contribution in [0, 0.1) is 0 Å². The van der Waals surface area contributed by atoms with E-state index in [4.69, 9.17) is 0 Å². The third kappa shape index (κ3) is 2.50. The number of fused-ring (bicyclic) bond motifs is 1. The Morgan fingerprint density at radius 1 is 1.29 bits per heavy atom. The van der Waals surface area contributed by atoms with Gasteiger partial charge in [-0.25, -0.2) is 9.67 Å². The number of aliphatic hydroxyl groups excluding tert-OH is 1. The third-order valence-corrected chi connectivity index (χ3v) is 3.73. The molecule has 5 heteroatoms. The monoisotopic (exact) mass is 236 g/mol. The van der Waals surface area contributed by atoms with Gasteiger partial charge in [-0.1, -0.05) is 0 Å². The molecule has 0 radical (unpaired) electrons. The third-order valence-electron chi connectivity index (χ3n) is 3.73. The van der Waals surface area contributed by atoms with Crippen LogP contribution in [0.3, 0.4) is 0 Å².